The Hall–Kier alpha value is 0.120. The van der Waals surface area contributed by atoms with Gasteiger partial charge < -0.3 is 10.1 Å². The predicted molar refractivity (Wildman–Crippen MR) is 71.1 cm³/mol. The van der Waals surface area contributed by atoms with E-state index in [9.17, 15) is 8.42 Å². The fourth-order valence-electron chi connectivity index (χ4n) is 1.82. The molecule has 17 heavy (non-hydrogen) atoms. The number of nitrogens with one attached hydrogen (secondary N) is 2. The normalized spacial score (nSPS) is 25.3. The van der Waals surface area contributed by atoms with Gasteiger partial charge >= 0.3 is 0 Å². The summed E-state index contributed by atoms with van der Waals surface area (Å²) in [6, 6.07) is 0. The molecule has 1 rings (SSSR count). The van der Waals surface area contributed by atoms with Crippen LogP contribution in [-0.4, -0.2) is 47.5 Å². The quantitative estimate of drug-likeness (QED) is 0.740. The third-order valence-electron chi connectivity index (χ3n) is 2.96. The third-order valence-corrected chi connectivity index (χ3v) is 4.25. The molecule has 0 aliphatic carbocycles. The second-order valence-corrected chi connectivity index (χ2v) is 6.65. The van der Waals surface area contributed by atoms with Crippen LogP contribution in [0, 0.1) is 5.41 Å². The van der Waals surface area contributed by atoms with Crippen molar-refractivity contribution in [2.45, 2.75) is 19.8 Å². The van der Waals surface area contributed by atoms with E-state index < -0.39 is 10.0 Å². The number of halogens is 1. The Morgan fingerprint density at radius 1 is 1.47 bits per heavy atom. The SMILES string of the molecule is COCCS(=O)(=O)NCC1(C)CCCNC1.Cl. The van der Waals surface area contributed by atoms with E-state index in [2.05, 4.69) is 17.0 Å². The standard InChI is InChI=1S/C10H22N2O3S.ClH/c1-10(4-3-5-11-8-10)9-12-16(13,14)7-6-15-2;/h11-12H,3-9H2,1-2H3;1H. The van der Waals surface area contributed by atoms with Crippen molar-refractivity contribution in [3.63, 3.8) is 0 Å². The van der Waals surface area contributed by atoms with Crippen molar-refractivity contribution in [1.82, 2.24) is 10.0 Å². The first-order valence-corrected chi connectivity index (χ1v) is 7.30. The average Bonchev–Trinajstić information content (AvgIpc) is 2.25. The van der Waals surface area contributed by atoms with Gasteiger partial charge in [0.1, 0.15) is 0 Å². The Kier molecular flexibility index (Phi) is 7.58. The van der Waals surface area contributed by atoms with Crippen molar-refractivity contribution in [3.8, 4) is 0 Å². The van der Waals surface area contributed by atoms with Crippen LogP contribution in [0.15, 0.2) is 0 Å². The molecular formula is C10H23ClN2O3S. The first-order chi connectivity index (χ1) is 7.47. The molecule has 0 spiro atoms. The van der Waals surface area contributed by atoms with Crippen LogP contribution in [0.4, 0.5) is 0 Å². The van der Waals surface area contributed by atoms with Crippen LogP contribution in [0.1, 0.15) is 19.8 Å². The molecule has 5 nitrogen and oxygen atoms in total. The lowest BCUT2D eigenvalue weighted by Crippen LogP contribution is -2.46. The van der Waals surface area contributed by atoms with Crippen LogP contribution < -0.4 is 10.0 Å². The van der Waals surface area contributed by atoms with Crippen molar-refractivity contribution in [2.75, 3.05) is 39.1 Å². The monoisotopic (exact) mass is 286 g/mol. The number of piperidine rings is 1. The highest BCUT2D eigenvalue weighted by Gasteiger charge is 2.28. The molecule has 1 unspecified atom stereocenters. The molecule has 1 fully saturated rings. The van der Waals surface area contributed by atoms with Crippen LogP contribution >= 0.6 is 12.4 Å². The molecule has 1 atom stereocenters. The highest BCUT2D eigenvalue weighted by molar-refractivity contribution is 7.89. The number of methoxy groups -OCH3 is 1. The summed E-state index contributed by atoms with van der Waals surface area (Å²) in [7, 11) is -1.68. The van der Waals surface area contributed by atoms with Crippen molar-refractivity contribution in [2.24, 2.45) is 5.41 Å². The summed E-state index contributed by atoms with van der Waals surface area (Å²) in [6.07, 6.45) is 2.17. The highest BCUT2D eigenvalue weighted by atomic mass is 35.5. The molecule has 0 bridgehead atoms. The molecule has 104 valence electrons. The Morgan fingerprint density at radius 2 is 2.18 bits per heavy atom. The molecule has 1 aliphatic rings. The maximum atomic E-state index is 11.6. The largest absolute Gasteiger partial charge is 0.384 e. The van der Waals surface area contributed by atoms with Crippen molar-refractivity contribution in [3.05, 3.63) is 0 Å². The van der Waals surface area contributed by atoms with Gasteiger partial charge in [-0.05, 0) is 24.8 Å². The predicted octanol–water partition coefficient (Wildman–Crippen LogP) is 0.364. The summed E-state index contributed by atoms with van der Waals surface area (Å²) in [5, 5.41) is 3.30. The topological polar surface area (TPSA) is 67.4 Å². The molecule has 1 heterocycles. The lowest BCUT2D eigenvalue weighted by molar-refractivity contribution is 0.215. The van der Waals surface area contributed by atoms with Gasteiger partial charge in [-0.25, -0.2) is 13.1 Å². The summed E-state index contributed by atoms with van der Waals surface area (Å²) in [6.45, 7) is 4.76. The number of hydrogen-bond acceptors (Lipinski definition) is 4. The fraction of sp³-hybridized carbons (Fsp3) is 1.00. The van der Waals surface area contributed by atoms with Crippen molar-refractivity contribution < 1.29 is 13.2 Å². The molecule has 0 saturated carbocycles. The molecule has 2 N–H and O–H groups in total. The van der Waals surface area contributed by atoms with E-state index in [0.717, 1.165) is 25.9 Å². The van der Waals surface area contributed by atoms with E-state index in [1.807, 2.05) is 0 Å². The summed E-state index contributed by atoms with van der Waals surface area (Å²) in [5.74, 6) is 0.0347. The summed E-state index contributed by atoms with van der Waals surface area (Å²) in [4.78, 5) is 0. The smallest absolute Gasteiger partial charge is 0.213 e. The van der Waals surface area contributed by atoms with Gasteiger partial charge in [0, 0.05) is 20.2 Å². The molecular weight excluding hydrogens is 264 g/mol. The number of hydrogen-bond donors (Lipinski definition) is 2. The second-order valence-electron chi connectivity index (χ2n) is 4.72. The second kappa shape index (κ2) is 7.53. The van der Waals surface area contributed by atoms with Gasteiger partial charge in [-0.1, -0.05) is 6.92 Å². The first-order valence-electron chi connectivity index (χ1n) is 5.64. The van der Waals surface area contributed by atoms with Crippen LogP contribution in [0.3, 0.4) is 0 Å². The Labute approximate surface area is 110 Å². The Morgan fingerprint density at radius 3 is 2.71 bits per heavy atom. The number of rotatable bonds is 6. The molecule has 1 aliphatic heterocycles. The van der Waals surface area contributed by atoms with E-state index in [1.54, 1.807) is 0 Å². The Bertz CT molecular complexity index is 303. The zero-order chi connectivity index (χ0) is 12.1. The fourth-order valence-corrected chi connectivity index (χ4v) is 2.92. The van der Waals surface area contributed by atoms with E-state index in [4.69, 9.17) is 4.74 Å². The number of ether oxygens (including phenoxy) is 1. The highest BCUT2D eigenvalue weighted by Crippen LogP contribution is 2.24. The third kappa shape index (κ3) is 6.57. The van der Waals surface area contributed by atoms with E-state index in [-0.39, 0.29) is 30.2 Å². The van der Waals surface area contributed by atoms with Gasteiger partial charge in [-0.2, -0.15) is 0 Å². The zero-order valence-corrected chi connectivity index (χ0v) is 12.1. The van der Waals surface area contributed by atoms with Crippen molar-refractivity contribution >= 4 is 22.4 Å². The minimum Gasteiger partial charge on any atom is -0.384 e. The molecule has 0 aromatic rings. The van der Waals surface area contributed by atoms with Gasteiger partial charge in [-0.3, -0.25) is 0 Å². The lowest BCUT2D eigenvalue weighted by Gasteiger charge is -2.34. The maximum Gasteiger partial charge on any atom is 0.213 e. The van der Waals surface area contributed by atoms with Gasteiger partial charge in [0.15, 0.2) is 0 Å². The molecule has 0 amide bonds. The minimum absolute atomic E-state index is 0. The van der Waals surface area contributed by atoms with Crippen LogP contribution in [-0.2, 0) is 14.8 Å². The van der Waals surface area contributed by atoms with Gasteiger partial charge in [0.05, 0.1) is 12.4 Å². The van der Waals surface area contributed by atoms with E-state index >= 15 is 0 Å². The lowest BCUT2D eigenvalue weighted by atomic mass is 9.83. The molecule has 1 saturated heterocycles. The molecule has 0 aromatic heterocycles. The maximum absolute atomic E-state index is 11.6. The van der Waals surface area contributed by atoms with E-state index in [0.29, 0.717) is 6.54 Å². The summed E-state index contributed by atoms with van der Waals surface area (Å²) < 4.78 is 30.5. The van der Waals surface area contributed by atoms with Gasteiger partial charge in [-0.15, -0.1) is 12.4 Å². The Balaban J connectivity index is 0.00000256. The average molecular weight is 287 g/mol. The summed E-state index contributed by atoms with van der Waals surface area (Å²) in [5.41, 5.74) is 0.0401. The minimum atomic E-state index is -3.18. The van der Waals surface area contributed by atoms with Crippen LogP contribution in [0.25, 0.3) is 0 Å². The van der Waals surface area contributed by atoms with Crippen molar-refractivity contribution in [1.29, 1.82) is 0 Å². The zero-order valence-electron chi connectivity index (χ0n) is 10.5. The molecule has 0 aromatic carbocycles. The first kappa shape index (κ1) is 17.1. The molecule has 0 radical (unpaired) electrons. The van der Waals surface area contributed by atoms with Gasteiger partial charge in [0.25, 0.3) is 0 Å². The summed E-state index contributed by atoms with van der Waals surface area (Å²) >= 11 is 0. The molecule has 7 heteroatoms. The van der Waals surface area contributed by atoms with E-state index in [1.165, 1.54) is 7.11 Å². The van der Waals surface area contributed by atoms with Crippen LogP contribution in [0.2, 0.25) is 0 Å². The van der Waals surface area contributed by atoms with Crippen LogP contribution in [0.5, 0.6) is 0 Å². The number of sulfonamides is 1. The van der Waals surface area contributed by atoms with Gasteiger partial charge in [0.2, 0.25) is 10.0 Å².